The molecule has 0 atom stereocenters. The first-order valence-electron chi connectivity index (χ1n) is 6.43. The van der Waals surface area contributed by atoms with Gasteiger partial charge in [-0.1, -0.05) is 11.8 Å². The summed E-state index contributed by atoms with van der Waals surface area (Å²) in [5, 5.41) is 13.4. The number of anilines is 1. The lowest BCUT2D eigenvalue weighted by Crippen LogP contribution is -2.43. The van der Waals surface area contributed by atoms with Gasteiger partial charge in [-0.15, -0.1) is 0 Å². The standard InChI is InChI=1S/C13H15N5OS/c19-12(5-9-6-14-7-9)17-10-1-3-11(4-2-10)20-13-15-8-16-18-13/h1-4,8-9,14H,5-7H2,(H,17,19)(H,15,16,18). The maximum Gasteiger partial charge on any atom is 0.224 e. The Morgan fingerprint density at radius 2 is 2.15 bits per heavy atom. The number of H-pyrrole nitrogens is 1. The smallest absolute Gasteiger partial charge is 0.224 e. The Bertz CT molecular complexity index is 565. The van der Waals surface area contributed by atoms with E-state index < -0.39 is 0 Å². The van der Waals surface area contributed by atoms with Crippen molar-refractivity contribution >= 4 is 23.4 Å². The first-order valence-corrected chi connectivity index (χ1v) is 7.25. The normalized spacial score (nSPS) is 14.8. The molecule has 20 heavy (non-hydrogen) atoms. The summed E-state index contributed by atoms with van der Waals surface area (Å²) in [6, 6.07) is 7.70. The van der Waals surface area contributed by atoms with Crippen LogP contribution in [0.4, 0.5) is 5.69 Å². The molecular weight excluding hydrogens is 274 g/mol. The number of hydrogen-bond acceptors (Lipinski definition) is 5. The van der Waals surface area contributed by atoms with E-state index in [-0.39, 0.29) is 5.91 Å². The Hall–Kier alpha value is -1.86. The molecule has 0 radical (unpaired) electrons. The molecule has 1 aliphatic heterocycles. The molecule has 6 nitrogen and oxygen atoms in total. The zero-order valence-corrected chi connectivity index (χ0v) is 11.6. The molecule has 1 aliphatic rings. The van der Waals surface area contributed by atoms with Crippen molar-refractivity contribution in [2.24, 2.45) is 5.92 Å². The minimum absolute atomic E-state index is 0.0761. The van der Waals surface area contributed by atoms with Crippen LogP contribution in [0.3, 0.4) is 0 Å². The molecule has 1 aromatic heterocycles. The SMILES string of the molecule is O=C(CC1CNC1)Nc1ccc(Sc2ncn[nH]2)cc1. The first kappa shape index (κ1) is 13.1. The van der Waals surface area contributed by atoms with Gasteiger partial charge in [0.05, 0.1) is 0 Å². The lowest BCUT2D eigenvalue weighted by molar-refractivity contribution is -0.117. The number of amides is 1. The van der Waals surface area contributed by atoms with Gasteiger partial charge in [-0.2, -0.15) is 5.10 Å². The van der Waals surface area contributed by atoms with Crippen LogP contribution in [0.5, 0.6) is 0 Å². The zero-order valence-electron chi connectivity index (χ0n) is 10.8. The van der Waals surface area contributed by atoms with Crippen LogP contribution < -0.4 is 10.6 Å². The highest BCUT2D eigenvalue weighted by Crippen LogP contribution is 2.25. The van der Waals surface area contributed by atoms with Crippen molar-refractivity contribution in [3.63, 3.8) is 0 Å². The molecular formula is C13H15N5OS. The summed E-state index contributed by atoms with van der Waals surface area (Å²) < 4.78 is 0. The summed E-state index contributed by atoms with van der Waals surface area (Å²) in [6.45, 7) is 1.89. The molecule has 0 saturated carbocycles. The third kappa shape index (κ3) is 3.37. The van der Waals surface area contributed by atoms with Crippen molar-refractivity contribution in [1.29, 1.82) is 0 Å². The van der Waals surface area contributed by atoms with Gasteiger partial charge in [-0.05, 0) is 43.3 Å². The minimum Gasteiger partial charge on any atom is -0.326 e. The average molecular weight is 289 g/mol. The van der Waals surface area contributed by atoms with E-state index in [1.165, 1.54) is 18.1 Å². The van der Waals surface area contributed by atoms with Crippen molar-refractivity contribution in [3.05, 3.63) is 30.6 Å². The molecule has 1 aromatic carbocycles. The van der Waals surface area contributed by atoms with E-state index in [0.717, 1.165) is 28.8 Å². The van der Waals surface area contributed by atoms with Gasteiger partial charge in [0, 0.05) is 17.0 Å². The molecule has 1 amide bonds. The van der Waals surface area contributed by atoms with Crippen LogP contribution in [0.15, 0.2) is 40.6 Å². The van der Waals surface area contributed by atoms with Crippen molar-refractivity contribution in [3.8, 4) is 0 Å². The second-order valence-corrected chi connectivity index (χ2v) is 5.76. The van der Waals surface area contributed by atoms with Gasteiger partial charge in [0.25, 0.3) is 0 Å². The van der Waals surface area contributed by atoms with E-state index in [2.05, 4.69) is 25.8 Å². The quantitative estimate of drug-likeness (QED) is 0.777. The monoisotopic (exact) mass is 289 g/mol. The Labute approximate surface area is 120 Å². The fourth-order valence-corrected chi connectivity index (χ4v) is 2.62. The summed E-state index contributed by atoms with van der Waals surface area (Å²) in [4.78, 5) is 16.9. The second-order valence-electron chi connectivity index (χ2n) is 4.69. The van der Waals surface area contributed by atoms with Crippen LogP contribution in [0, 0.1) is 5.92 Å². The molecule has 1 fully saturated rings. The number of aromatic nitrogens is 3. The van der Waals surface area contributed by atoms with Crippen LogP contribution in [0.25, 0.3) is 0 Å². The van der Waals surface area contributed by atoms with Crippen LogP contribution >= 0.6 is 11.8 Å². The van der Waals surface area contributed by atoms with Gasteiger partial charge in [0.1, 0.15) is 6.33 Å². The van der Waals surface area contributed by atoms with Crippen molar-refractivity contribution in [2.75, 3.05) is 18.4 Å². The number of benzene rings is 1. The van der Waals surface area contributed by atoms with Gasteiger partial charge < -0.3 is 10.6 Å². The molecule has 2 aromatic rings. The average Bonchev–Trinajstić information content (AvgIpc) is 2.89. The molecule has 2 heterocycles. The lowest BCUT2D eigenvalue weighted by Gasteiger charge is -2.26. The molecule has 7 heteroatoms. The van der Waals surface area contributed by atoms with Gasteiger partial charge in [-0.25, -0.2) is 4.98 Å². The predicted octanol–water partition coefficient (Wildman–Crippen LogP) is 1.50. The number of carbonyl (C=O) groups is 1. The number of aromatic amines is 1. The lowest BCUT2D eigenvalue weighted by atomic mass is 9.99. The number of carbonyl (C=O) groups excluding carboxylic acids is 1. The van der Waals surface area contributed by atoms with E-state index in [1.54, 1.807) is 0 Å². The van der Waals surface area contributed by atoms with E-state index in [9.17, 15) is 4.79 Å². The summed E-state index contributed by atoms with van der Waals surface area (Å²) in [6.07, 6.45) is 2.06. The summed E-state index contributed by atoms with van der Waals surface area (Å²) in [5.74, 6) is 0.559. The maximum atomic E-state index is 11.8. The Kier molecular flexibility index (Phi) is 3.98. The van der Waals surface area contributed by atoms with Gasteiger partial charge in [-0.3, -0.25) is 9.89 Å². The highest BCUT2D eigenvalue weighted by Gasteiger charge is 2.19. The first-order chi connectivity index (χ1) is 9.79. The molecule has 0 aliphatic carbocycles. The third-order valence-electron chi connectivity index (χ3n) is 3.09. The molecule has 0 bridgehead atoms. The number of rotatable bonds is 5. The van der Waals surface area contributed by atoms with Gasteiger partial charge in [0.15, 0.2) is 5.16 Å². The fraction of sp³-hybridized carbons (Fsp3) is 0.308. The zero-order chi connectivity index (χ0) is 13.8. The van der Waals surface area contributed by atoms with E-state index >= 15 is 0 Å². The predicted molar refractivity (Wildman–Crippen MR) is 76.6 cm³/mol. The summed E-state index contributed by atoms with van der Waals surface area (Å²) >= 11 is 1.50. The number of nitrogens with zero attached hydrogens (tertiary/aromatic N) is 2. The van der Waals surface area contributed by atoms with Gasteiger partial charge >= 0.3 is 0 Å². The van der Waals surface area contributed by atoms with Crippen LogP contribution in [-0.4, -0.2) is 34.2 Å². The molecule has 0 spiro atoms. The summed E-state index contributed by atoms with van der Waals surface area (Å²) in [5.41, 5.74) is 0.823. The molecule has 3 rings (SSSR count). The maximum absolute atomic E-state index is 11.8. The molecule has 104 valence electrons. The molecule has 1 saturated heterocycles. The highest BCUT2D eigenvalue weighted by molar-refractivity contribution is 7.99. The van der Waals surface area contributed by atoms with Gasteiger partial charge in [0.2, 0.25) is 5.91 Å². The summed E-state index contributed by atoms with van der Waals surface area (Å²) in [7, 11) is 0. The van der Waals surface area contributed by atoms with Crippen molar-refractivity contribution in [2.45, 2.75) is 16.5 Å². The van der Waals surface area contributed by atoms with E-state index in [0.29, 0.717) is 12.3 Å². The Balaban J connectivity index is 1.54. The number of hydrogen-bond donors (Lipinski definition) is 3. The van der Waals surface area contributed by atoms with Crippen LogP contribution in [0.1, 0.15) is 6.42 Å². The highest BCUT2D eigenvalue weighted by atomic mass is 32.2. The van der Waals surface area contributed by atoms with Crippen LogP contribution in [-0.2, 0) is 4.79 Å². The number of nitrogens with one attached hydrogen (secondary N) is 3. The Morgan fingerprint density at radius 3 is 2.75 bits per heavy atom. The van der Waals surface area contributed by atoms with Crippen molar-refractivity contribution in [1.82, 2.24) is 20.5 Å². The fourth-order valence-electron chi connectivity index (χ4n) is 1.93. The van der Waals surface area contributed by atoms with E-state index in [1.807, 2.05) is 24.3 Å². The van der Waals surface area contributed by atoms with E-state index in [4.69, 9.17) is 0 Å². The third-order valence-corrected chi connectivity index (χ3v) is 3.98. The molecule has 0 unspecified atom stereocenters. The second kappa shape index (κ2) is 6.06. The minimum atomic E-state index is 0.0761. The largest absolute Gasteiger partial charge is 0.326 e. The van der Waals surface area contributed by atoms with Crippen molar-refractivity contribution < 1.29 is 4.79 Å². The Morgan fingerprint density at radius 1 is 1.35 bits per heavy atom. The molecule has 3 N–H and O–H groups in total. The van der Waals surface area contributed by atoms with Crippen LogP contribution in [0.2, 0.25) is 0 Å². The topological polar surface area (TPSA) is 82.7 Å².